The zero-order chi connectivity index (χ0) is 30.8. The molecule has 3 heterocycles. The number of hydrogen-bond acceptors (Lipinski definition) is 4. The lowest BCUT2D eigenvalue weighted by atomic mass is 9.86. The molecule has 1 fully saturated rings. The lowest BCUT2D eigenvalue weighted by Crippen LogP contribution is -2.57. The van der Waals surface area contributed by atoms with E-state index in [9.17, 15) is 35.9 Å². The second-order valence-electron chi connectivity index (χ2n) is 10.7. The van der Waals surface area contributed by atoms with Gasteiger partial charge in [-0.15, -0.1) is 0 Å². The predicted molar refractivity (Wildman–Crippen MR) is 142 cm³/mol. The first-order valence-electron chi connectivity index (χ1n) is 13.7. The third kappa shape index (κ3) is 4.80. The van der Waals surface area contributed by atoms with Gasteiger partial charge in [0.25, 0.3) is 5.91 Å². The fourth-order valence-corrected chi connectivity index (χ4v) is 5.94. The maximum Gasteiger partial charge on any atom is 0.433 e. The summed E-state index contributed by atoms with van der Waals surface area (Å²) in [7, 11) is 0. The lowest BCUT2D eigenvalue weighted by Gasteiger charge is -2.39. The molecule has 0 radical (unpaired) electrons. The van der Waals surface area contributed by atoms with Crippen molar-refractivity contribution in [2.75, 3.05) is 13.1 Å². The number of amides is 2. The standard InChI is InChI=1S/C30H25F6N5O2/c1-3-16-4-6-20-17(10-16)5-7-21-25(20)38-27-22(13-37-41(27)26(21)30(34,35)36)29(43)40-9-8-39(28(42)15(40)2)14-18-11-19(31)12-23(32)24(18)33/h4,6,10-13,15H,3,5,7-9,14H2,1-2H3/t15-/m1/s1. The van der Waals surface area contributed by atoms with Gasteiger partial charge in [0.15, 0.2) is 23.0 Å². The van der Waals surface area contributed by atoms with Gasteiger partial charge in [0.05, 0.1) is 11.9 Å². The van der Waals surface area contributed by atoms with E-state index in [0.29, 0.717) is 22.6 Å². The second kappa shape index (κ2) is 10.4. The lowest BCUT2D eigenvalue weighted by molar-refractivity contribution is -0.143. The normalized spacial score (nSPS) is 16.9. The van der Waals surface area contributed by atoms with Crippen LogP contribution in [0.2, 0.25) is 0 Å². The highest BCUT2D eigenvalue weighted by molar-refractivity contribution is 6.02. The molecule has 2 amide bonds. The third-order valence-corrected chi connectivity index (χ3v) is 8.16. The average Bonchev–Trinajstić information content (AvgIpc) is 3.38. The number of aryl methyl sites for hydroxylation is 2. The van der Waals surface area contributed by atoms with Crippen molar-refractivity contribution in [2.45, 2.75) is 51.9 Å². The van der Waals surface area contributed by atoms with Gasteiger partial charge in [-0.3, -0.25) is 9.59 Å². The first kappa shape index (κ1) is 28.7. The Balaban J connectivity index is 1.36. The van der Waals surface area contributed by atoms with Gasteiger partial charge in [0.1, 0.15) is 17.4 Å². The summed E-state index contributed by atoms with van der Waals surface area (Å²) in [6, 6.07) is 5.63. The number of alkyl halides is 3. The van der Waals surface area contributed by atoms with Gasteiger partial charge in [-0.2, -0.15) is 18.3 Å². The van der Waals surface area contributed by atoms with Gasteiger partial charge < -0.3 is 9.80 Å². The van der Waals surface area contributed by atoms with Crippen molar-refractivity contribution in [1.82, 2.24) is 24.4 Å². The first-order valence-corrected chi connectivity index (χ1v) is 13.7. The van der Waals surface area contributed by atoms with Crippen LogP contribution in [0.4, 0.5) is 26.3 Å². The molecule has 7 nitrogen and oxygen atoms in total. The zero-order valence-electron chi connectivity index (χ0n) is 23.1. The molecule has 0 N–H and O–H groups in total. The number of hydrogen-bond donors (Lipinski definition) is 0. The van der Waals surface area contributed by atoms with E-state index in [2.05, 4.69) is 10.1 Å². The summed E-state index contributed by atoms with van der Waals surface area (Å²) in [5, 5.41) is 3.91. The minimum Gasteiger partial charge on any atom is -0.335 e. The van der Waals surface area contributed by atoms with E-state index in [1.165, 1.54) is 16.7 Å². The molecule has 1 saturated heterocycles. The Morgan fingerprint density at radius 2 is 1.84 bits per heavy atom. The molecule has 2 aromatic carbocycles. The van der Waals surface area contributed by atoms with Gasteiger partial charge in [0.2, 0.25) is 5.91 Å². The maximum atomic E-state index is 14.5. The summed E-state index contributed by atoms with van der Waals surface area (Å²) in [4.78, 5) is 33.8. The molecule has 0 saturated carbocycles. The Hall–Kier alpha value is -4.42. The van der Waals surface area contributed by atoms with Crippen molar-refractivity contribution in [1.29, 1.82) is 0 Å². The first-order chi connectivity index (χ1) is 20.4. The fourth-order valence-electron chi connectivity index (χ4n) is 5.94. The summed E-state index contributed by atoms with van der Waals surface area (Å²) in [6.45, 7) is 2.80. The molecule has 1 aliphatic carbocycles. The number of aromatic nitrogens is 3. The van der Waals surface area contributed by atoms with E-state index in [1.54, 1.807) is 6.07 Å². The van der Waals surface area contributed by atoms with Crippen molar-refractivity contribution in [3.63, 3.8) is 0 Å². The quantitative estimate of drug-likeness (QED) is 0.233. The summed E-state index contributed by atoms with van der Waals surface area (Å²) in [5.41, 5.74) is 0.741. The Labute approximate surface area is 241 Å². The molecule has 2 aromatic heterocycles. The number of benzene rings is 2. The van der Waals surface area contributed by atoms with E-state index in [-0.39, 0.29) is 47.5 Å². The molecule has 1 aliphatic heterocycles. The van der Waals surface area contributed by atoms with Crippen LogP contribution in [0.5, 0.6) is 0 Å². The Morgan fingerprint density at radius 1 is 1.07 bits per heavy atom. The van der Waals surface area contributed by atoms with E-state index >= 15 is 0 Å². The van der Waals surface area contributed by atoms with Crippen LogP contribution in [0.25, 0.3) is 16.9 Å². The second-order valence-corrected chi connectivity index (χ2v) is 10.7. The summed E-state index contributed by atoms with van der Waals surface area (Å²) >= 11 is 0. The molecular weight excluding hydrogens is 576 g/mol. The molecule has 6 rings (SSSR count). The largest absolute Gasteiger partial charge is 0.433 e. The number of carbonyl (C=O) groups is 2. The molecule has 13 heteroatoms. The number of carbonyl (C=O) groups excluding carboxylic acids is 2. The molecule has 43 heavy (non-hydrogen) atoms. The van der Waals surface area contributed by atoms with Gasteiger partial charge >= 0.3 is 6.18 Å². The summed E-state index contributed by atoms with van der Waals surface area (Å²) in [5.74, 6) is -5.05. The van der Waals surface area contributed by atoms with Crippen LogP contribution in [-0.4, -0.2) is 55.3 Å². The topological polar surface area (TPSA) is 70.8 Å². The Bertz CT molecular complexity index is 1800. The van der Waals surface area contributed by atoms with Crippen molar-refractivity contribution >= 4 is 17.5 Å². The zero-order valence-corrected chi connectivity index (χ0v) is 23.1. The fraction of sp³-hybridized carbons (Fsp3) is 0.333. The molecule has 2 aliphatic rings. The van der Waals surface area contributed by atoms with Crippen LogP contribution < -0.4 is 0 Å². The molecule has 0 unspecified atom stereocenters. The molecular formula is C30H25F6N5O2. The number of nitrogens with zero attached hydrogens (tertiary/aromatic N) is 5. The average molecular weight is 602 g/mol. The predicted octanol–water partition coefficient (Wildman–Crippen LogP) is 5.37. The van der Waals surface area contributed by atoms with Crippen molar-refractivity contribution < 1.29 is 35.9 Å². The minimum atomic E-state index is -4.79. The van der Waals surface area contributed by atoms with Crippen LogP contribution in [0.15, 0.2) is 36.5 Å². The SMILES string of the molecule is CCc1ccc2c(c1)CCc1c-2nc2c(C(=O)N3CCN(Cc4cc(F)cc(F)c4F)C(=O)[C@H]3C)cnn2c1C(F)(F)F. The number of fused-ring (bicyclic) bond motifs is 4. The molecule has 224 valence electrons. The van der Waals surface area contributed by atoms with Crippen LogP contribution in [0.3, 0.4) is 0 Å². The third-order valence-electron chi connectivity index (χ3n) is 8.16. The molecule has 0 bridgehead atoms. The van der Waals surface area contributed by atoms with Crippen molar-refractivity contribution in [3.05, 3.63) is 87.5 Å². The maximum absolute atomic E-state index is 14.5. The molecule has 4 aromatic rings. The van der Waals surface area contributed by atoms with Gasteiger partial charge in [0, 0.05) is 42.4 Å². The Kier molecular flexibility index (Phi) is 6.93. The van der Waals surface area contributed by atoms with Crippen LogP contribution in [0.1, 0.15) is 52.2 Å². The highest BCUT2D eigenvalue weighted by Gasteiger charge is 2.42. The monoisotopic (exact) mass is 601 g/mol. The molecule has 0 spiro atoms. The minimum absolute atomic E-state index is 0.00275. The number of halogens is 6. The molecule has 1 atom stereocenters. The van der Waals surface area contributed by atoms with Crippen molar-refractivity contribution in [3.8, 4) is 11.3 Å². The van der Waals surface area contributed by atoms with E-state index in [4.69, 9.17) is 0 Å². The summed E-state index contributed by atoms with van der Waals surface area (Å²) < 4.78 is 85.6. The van der Waals surface area contributed by atoms with E-state index < -0.39 is 53.7 Å². The van der Waals surface area contributed by atoms with Gasteiger partial charge in [-0.05, 0) is 43.4 Å². The van der Waals surface area contributed by atoms with Crippen LogP contribution >= 0.6 is 0 Å². The smallest absolute Gasteiger partial charge is 0.335 e. The highest BCUT2D eigenvalue weighted by Crippen LogP contribution is 2.41. The van der Waals surface area contributed by atoms with Gasteiger partial charge in [-0.25, -0.2) is 22.7 Å². The van der Waals surface area contributed by atoms with Gasteiger partial charge in [-0.1, -0.05) is 25.1 Å². The highest BCUT2D eigenvalue weighted by atomic mass is 19.4. The summed E-state index contributed by atoms with van der Waals surface area (Å²) in [6.07, 6.45) is -2.52. The number of piperazine rings is 1. The van der Waals surface area contributed by atoms with Crippen LogP contribution in [0, 0.1) is 17.5 Å². The van der Waals surface area contributed by atoms with E-state index in [0.717, 1.165) is 29.8 Å². The Morgan fingerprint density at radius 3 is 2.56 bits per heavy atom. The van der Waals surface area contributed by atoms with E-state index in [1.807, 2.05) is 19.1 Å². The van der Waals surface area contributed by atoms with Crippen LogP contribution in [-0.2, 0) is 36.8 Å². The number of rotatable bonds is 4. The van der Waals surface area contributed by atoms with Crippen molar-refractivity contribution in [2.24, 2.45) is 0 Å².